The Hall–Kier alpha value is -2.53. The van der Waals surface area contributed by atoms with E-state index in [4.69, 9.17) is 0 Å². The van der Waals surface area contributed by atoms with Crippen molar-refractivity contribution < 1.29 is 4.79 Å². The number of hydrogen-bond acceptors (Lipinski definition) is 4. The maximum absolute atomic E-state index is 12.0. The van der Waals surface area contributed by atoms with Crippen LogP contribution in [0, 0.1) is 0 Å². The van der Waals surface area contributed by atoms with Crippen LogP contribution in [-0.2, 0) is 17.8 Å². The first kappa shape index (κ1) is 14.4. The first-order valence-electron chi connectivity index (χ1n) is 6.96. The van der Waals surface area contributed by atoms with Crippen molar-refractivity contribution in [1.82, 2.24) is 15.3 Å². The SMILES string of the molecule is O=C(Cc1cccs1)NCc1cccnc1-c1ccncc1. The zero-order chi connectivity index (χ0) is 15.2. The zero-order valence-corrected chi connectivity index (χ0v) is 12.7. The summed E-state index contributed by atoms with van der Waals surface area (Å²) in [7, 11) is 0. The van der Waals surface area contributed by atoms with Crippen molar-refractivity contribution >= 4 is 17.2 Å². The van der Waals surface area contributed by atoms with Gasteiger partial charge in [0.1, 0.15) is 0 Å². The quantitative estimate of drug-likeness (QED) is 0.788. The molecule has 0 unspecified atom stereocenters. The first-order valence-corrected chi connectivity index (χ1v) is 7.84. The number of nitrogens with one attached hydrogen (secondary N) is 1. The van der Waals surface area contributed by atoms with E-state index in [1.165, 1.54) is 0 Å². The number of thiophene rings is 1. The number of aromatic nitrogens is 2. The minimum Gasteiger partial charge on any atom is -0.352 e. The van der Waals surface area contributed by atoms with Crippen molar-refractivity contribution in [2.24, 2.45) is 0 Å². The molecule has 0 aromatic carbocycles. The minimum absolute atomic E-state index is 0.0204. The third-order valence-electron chi connectivity index (χ3n) is 3.24. The van der Waals surface area contributed by atoms with Gasteiger partial charge in [0, 0.05) is 35.6 Å². The predicted molar refractivity (Wildman–Crippen MR) is 87.3 cm³/mol. The number of hydrogen-bond donors (Lipinski definition) is 1. The number of carbonyl (C=O) groups is 1. The van der Waals surface area contributed by atoms with E-state index >= 15 is 0 Å². The molecule has 0 saturated heterocycles. The van der Waals surface area contributed by atoms with E-state index in [0.717, 1.165) is 21.7 Å². The fourth-order valence-electron chi connectivity index (χ4n) is 2.18. The molecule has 3 heterocycles. The van der Waals surface area contributed by atoms with Crippen molar-refractivity contribution in [2.45, 2.75) is 13.0 Å². The van der Waals surface area contributed by atoms with Gasteiger partial charge in [0.25, 0.3) is 0 Å². The van der Waals surface area contributed by atoms with Crippen LogP contribution in [0.2, 0.25) is 0 Å². The van der Waals surface area contributed by atoms with E-state index in [1.807, 2.05) is 41.8 Å². The number of carbonyl (C=O) groups excluding carboxylic acids is 1. The van der Waals surface area contributed by atoms with Gasteiger partial charge in [-0.25, -0.2) is 0 Å². The van der Waals surface area contributed by atoms with E-state index in [2.05, 4.69) is 15.3 Å². The van der Waals surface area contributed by atoms with Crippen LogP contribution in [-0.4, -0.2) is 15.9 Å². The Bertz CT molecular complexity index is 742. The normalized spacial score (nSPS) is 10.4. The second-order valence-corrected chi connectivity index (χ2v) is 5.81. The summed E-state index contributed by atoms with van der Waals surface area (Å²) in [6.07, 6.45) is 5.65. The lowest BCUT2D eigenvalue weighted by Gasteiger charge is -2.09. The van der Waals surface area contributed by atoms with Crippen LogP contribution >= 0.6 is 11.3 Å². The smallest absolute Gasteiger partial charge is 0.225 e. The van der Waals surface area contributed by atoms with Crippen molar-refractivity contribution in [2.75, 3.05) is 0 Å². The summed E-state index contributed by atoms with van der Waals surface area (Å²) in [5, 5.41) is 4.94. The molecule has 110 valence electrons. The molecule has 0 aliphatic rings. The van der Waals surface area contributed by atoms with Gasteiger partial charge in [-0.3, -0.25) is 14.8 Å². The maximum atomic E-state index is 12.0. The monoisotopic (exact) mass is 309 g/mol. The lowest BCUT2D eigenvalue weighted by Crippen LogP contribution is -2.24. The van der Waals surface area contributed by atoms with Gasteiger partial charge < -0.3 is 5.32 Å². The molecule has 3 aromatic heterocycles. The lowest BCUT2D eigenvalue weighted by molar-refractivity contribution is -0.120. The average Bonchev–Trinajstić information content (AvgIpc) is 3.07. The second kappa shape index (κ2) is 6.95. The van der Waals surface area contributed by atoms with Crippen LogP contribution in [0.3, 0.4) is 0 Å². The number of pyridine rings is 2. The molecule has 0 saturated carbocycles. The minimum atomic E-state index is 0.0204. The topological polar surface area (TPSA) is 54.9 Å². The Balaban J connectivity index is 1.69. The highest BCUT2D eigenvalue weighted by atomic mass is 32.1. The van der Waals surface area contributed by atoms with Crippen LogP contribution in [0.4, 0.5) is 0 Å². The van der Waals surface area contributed by atoms with Gasteiger partial charge in [-0.2, -0.15) is 0 Å². The van der Waals surface area contributed by atoms with E-state index in [-0.39, 0.29) is 5.91 Å². The summed E-state index contributed by atoms with van der Waals surface area (Å²) >= 11 is 1.59. The molecule has 4 nitrogen and oxygen atoms in total. The van der Waals surface area contributed by atoms with E-state index < -0.39 is 0 Å². The van der Waals surface area contributed by atoms with Crippen molar-refractivity contribution in [1.29, 1.82) is 0 Å². The van der Waals surface area contributed by atoms with Crippen molar-refractivity contribution in [3.8, 4) is 11.3 Å². The molecule has 0 spiro atoms. The molecule has 5 heteroatoms. The Morgan fingerprint density at radius 1 is 1.09 bits per heavy atom. The lowest BCUT2D eigenvalue weighted by atomic mass is 10.1. The molecule has 1 amide bonds. The molecule has 0 aliphatic heterocycles. The van der Waals surface area contributed by atoms with Gasteiger partial charge in [-0.05, 0) is 35.2 Å². The van der Waals surface area contributed by atoms with Crippen LogP contribution in [0.5, 0.6) is 0 Å². The van der Waals surface area contributed by atoms with Crippen LogP contribution < -0.4 is 5.32 Å². The Morgan fingerprint density at radius 3 is 2.73 bits per heavy atom. The Morgan fingerprint density at radius 2 is 1.95 bits per heavy atom. The van der Waals surface area contributed by atoms with Gasteiger partial charge in [0.2, 0.25) is 5.91 Å². The highest BCUT2D eigenvalue weighted by molar-refractivity contribution is 7.10. The average molecular weight is 309 g/mol. The summed E-state index contributed by atoms with van der Waals surface area (Å²) in [4.78, 5) is 21.5. The second-order valence-electron chi connectivity index (χ2n) is 4.78. The molecule has 0 radical (unpaired) electrons. The fraction of sp³-hybridized carbons (Fsp3) is 0.118. The summed E-state index contributed by atoms with van der Waals surface area (Å²) in [6.45, 7) is 0.468. The van der Waals surface area contributed by atoms with Crippen LogP contribution in [0.1, 0.15) is 10.4 Å². The molecule has 0 bridgehead atoms. The number of amides is 1. The van der Waals surface area contributed by atoms with Gasteiger partial charge in [0.05, 0.1) is 12.1 Å². The van der Waals surface area contributed by atoms with Crippen molar-refractivity contribution in [3.63, 3.8) is 0 Å². The van der Waals surface area contributed by atoms with Gasteiger partial charge >= 0.3 is 0 Å². The first-order chi connectivity index (χ1) is 10.8. The van der Waals surface area contributed by atoms with Crippen LogP contribution in [0.15, 0.2) is 60.4 Å². The largest absolute Gasteiger partial charge is 0.352 e. The standard InChI is InChI=1S/C17H15N3OS/c21-16(11-15-4-2-10-22-15)20-12-14-3-1-7-19-17(14)13-5-8-18-9-6-13/h1-10H,11-12H2,(H,20,21). The molecule has 3 rings (SSSR count). The highest BCUT2D eigenvalue weighted by Crippen LogP contribution is 2.20. The molecule has 0 atom stereocenters. The third kappa shape index (κ3) is 3.56. The fourth-order valence-corrected chi connectivity index (χ4v) is 2.88. The van der Waals surface area contributed by atoms with E-state index in [0.29, 0.717) is 13.0 Å². The van der Waals surface area contributed by atoms with Crippen LogP contribution in [0.25, 0.3) is 11.3 Å². The van der Waals surface area contributed by atoms with Gasteiger partial charge in [-0.1, -0.05) is 12.1 Å². The molecular formula is C17H15N3OS. The molecule has 1 N–H and O–H groups in total. The summed E-state index contributed by atoms with van der Waals surface area (Å²) in [6, 6.07) is 11.6. The third-order valence-corrected chi connectivity index (χ3v) is 4.11. The summed E-state index contributed by atoms with van der Waals surface area (Å²) in [5.41, 5.74) is 2.87. The van der Waals surface area contributed by atoms with Crippen molar-refractivity contribution in [3.05, 3.63) is 70.8 Å². The Labute approximate surface area is 132 Å². The highest BCUT2D eigenvalue weighted by Gasteiger charge is 2.08. The summed E-state index contributed by atoms with van der Waals surface area (Å²) in [5.74, 6) is 0.0204. The molecular weight excluding hydrogens is 294 g/mol. The maximum Gasteiger partial charge on any atom is 0.225 e. The van der Waals surface area contributed by atoms with E-state index in [9.17, 15) is 4.79 Å². The Kier molecular flexibility index (Phi) is 4.56. The zero-order valence-electron chi connectivity index (χ0n) is 11.9. The molecule has 3 aromatic rings. The van der Waals surface area contributed by atoms with E-state index in [1.54, 1.807) is 29.9 Å². The summed E-state index contributed by atoms with van der Waals surface area (Å²) < 4.78 is 0. The number of rotatable bonds is 5. The molecule has 0 fully saturated rings. The number of nitrogens with zero attached hydrogens (tertiary/aromatic N) is 2. The molecule has 22 heavy (non-hydrogen) atoms. The predicted octanol–water partition coefficient (Wildman–Crippen LogP) is 3.06. The van der Waals surface area contributed by atoms with Gasteiger partial charge in [-0.15, -0.1) is 11.3 Å². The molecule has 0 aliphatic carbocycles. The van der Waals surface area contributed by atoms with Gasteiger partial charge in [0.15, 0.2) is 0 Å².